The van der Waals surface area contributed by atoms with Crippen LogP contribution >= 0.6 is 0 Å². The Balaban J connectivity index is 1.46. The Bertz CT molecular complexity index is 760. The van der Waals surface area contributed by atoms with Gasteiger partial charge in [0.15, 0.2) is 0 Å². The van der Waals surface area contributed by atoms with Crippen molar-refractivity contribution in [2.75, 3.05) is 44.8 Å². The van der Waals surface area contributed by atoms with Crippen molar-refractivity contribution in [2.24, 2.45) is 0 Å². The minimum Gasteiger partial charge on any atom is -0.378 e. The average Bonchev–Trinajstić information content (AvgIpc) is 2.74. The van der Waals surface area contributed by atoms with Crippen molar-refractivity contribution < 1.29 is 9.53 Å². The number of ether oxygens (including phenoxy) is 1. The third kappa shape index (κ3) is 6.87. The van der Waals surface area contributed by atoms with Gasteiger partial charge in [0.05, 0.1) is 19.8 Å². The number of para-hydroxylation sites is 1. The summed E-state index contributed by atoms with van der Waals surface area (Å²) in [6, 6.07) is 19.0. The minimum atomic E-state index is 0.0805. The number of anilines is 1. The molecule has 5 nitrogen and oxygen atoms in total. The van der Waals surface area contributed by atoms with Crippen molar-refractivity contribution in [1.82, 2.24) is 10.2 Å². The summed E-state index contributed by atoms with van der Waals surface area (Å²) >= 11 is 0. The molecule has 2 aromatic rings. The van der Waals surface area contributed by atoms with E-state index in [9.17, 15) is 4.79 Å². The van der Waals surface area contributed by atoms with Crippen molar-refractivity contribution in [3.63, 3.8) is 0 Å². The van der Waals surface area contributed by atoms with Gasteiger partial charge < -0.3 is 15.0 Å². The van der Waals surface area contributed by atoms with Crippen LogP contribution in [0, 0.1) is 0 Å². The lowest BCUT2D eigenvalue weighted by Crippen LogP contribution is -2.40. The second-order valence-corrected chi connectivity index (χ2v) is 7.89. The zero-order chi connectivity index (χ0) is 20.5. The molecule has 1 aliphatic heterocycles. The van der Waals surface area contributed by atoms with E-state index < -0.39 is 0 Å². The first kappa shape index (κ1) is 21.3. The molecule has 0 bridgehead atoms. The van der Waals surface area contributed by atoms with Crippen LogP contribution in [0.5, 0.6) is 0 Å². The van der Waals surface area contributed by atoms with Gasteiger partial charge in [0.2, 0.25) is 5.91 Å². The van der Waals surface area contributed by atoms with Crippen LogP contribution in [-0.4, -0.2) is 56.7 Å². The first-order valence-electron chi connectivity index (χ1n) is 10.5. The summed E-state index contributed by atoms with van der Waals surface area (Å²) in [4.78, 5) is 16.9. The number of hydrogen-bond acceptors (Lipinski definition) is 4. The molecule has 0 radical (unpaired) electrons. The molecule has 0 saturated carbocycles. The van der Waals surface area contributed by atoms with Gasteiger partial charge in [0, 0.05) is 31.4 Å². The maximum Gasteiger partial charge on any atom is 0.234 e. The molecule has 0 aliphatic carbocycles. The van der Waals surface area contributed by atoms with Gasteiger partial charge in [-0.15, -0.1) is 0 Å². The van der Waals surface area contributed by atoms with E-state index in [1.807, 2.05) is 13.1 Å². The van der Waals surface area contributed by atoms with Crippen LogP contribution in [0.3, 0.4) is 0 Å². The number of nitrogens with zero attached hydrogens (tertiary/aromatic N) is 2. The molecular formula is C24H33N3O2. The van der Waals surface area contributed by atoms with Gasteiger partial charge in [-0.2, -0.15) is 0 Å². The highest BCUT2D eigenvalue weighted by molar-refractivity contribution is 5.78. The summed E-state index contributed by atoms with van der Waals surface area (Å²) in [7, 11) is 2.00. The topological polar surface area (TPSA) is 44.8 Å². The molecule has 1 fully saturated rings. The molecule has 156 valence electrons. The highest BCUT2D eigenvalue weighted by Gasteiger charge is 2.16. The molecular weight excluding hydrogens is 362 g/mol. The predicted molar refractivity (Wildman–Crippen MR) is 118 cm³/mol. The average molecular weight is 396 g/mol. The monoisotopic (exact) mass is 395 g/mol. The predicted octanol–water partition coefficient (Wildman–Crippen LogP) is 3.09. The number of amides is 1. The Kier molecular flexibility index (Phi) is 8.08. The Morgan fingerprint density at radius 2 is 1.79 bits per heavy atom. The Morgan fingerprint density at radius 3 is 2.55 bits per heavy atom. The summed E-state index contributed by atoms with van der Waals surface area (Å²) in [5.41, 5.74) is 3.81. The van der Waals surface area contributed by atoms with E-state index in [2.05, 4.69) is 70.6 Å². The molecule has 0 aromatic heterocycles. The smallest absolute Gasteiger partial charge is 0.234 e. The molecule has 1 N–H and O–H groups in total. The molecule has 1 saturated heterocycles. The zero-order valence-corrected chi connectivity index (χ0v) is 17.6. The number of likely N-dealkylation sites (N-methyl/N-ethyl adjacent to an activating group) is 1. The zero-order valence-electron chi connectivity index (χ0n) is 17.6. The number of hydrogen-bond donors (Lipinski definition) is 1. The molecule has 1 aliphatic rings. The molecule has 1 amide bonds. The van der Waals surface area contributed by atoms with Crippen LogP contribution in [0.2, 0.25) is 0 Å². The fraction of sp³-hybridized carbons (Fsp3) is 0.458. The highest BCUT2D eigenvalue weighted by atomic mass is 16.5. The van der Waals surface area contributed by atoms with Gasteiger partial charge in [-0.05, 0) is 44.0 Å². The quantitative estimate of drug-likeness (QED) is 0.709. The second kappa shape index (κ2) is 11.0. The SMILES string of the molecule is CC(CCc1ccccc1)NC(=O)CN(C)Cc1ccccc1N1CCOCC1. The van der Waals surface area contributed by atoms with E-state index in [4.69, 9.17) is 4.74 Å². The lowest BCUT2D eigenvalue weighted by atomic mass is 10.1. The number of benzene rings is 2. The minimum absolute atomic E-state index is 0.0805. The lowest BCUT2D eigenvalue weighted by Gasteiger charge is -2.31. The van der Waals surface area contributed by atoms with Gasteiger partial charge in [0.25, 0.3) is 0 Å². The Morgan fingerprint density at radius 1 is 1.10 bits per heavy atom. The van der Waals surface area contributed by atoms with Crippen LogP contribution in [0.15, 0.2) is 54.6 Å². The number of aryl methyl sites for hydroxylation is 1. The summed E-state index contributed by atoms with van der Waals surface area (Å²) in [6.45, 7) is 6.60. The van der Waals surface area contributed by atoms with Crippen LogP contribution in [0.4, 0.5) is 5.69 Å². The highest BCUT2D eigenvalue weighted by Crippen LogP contribution is 2.22. The van der Waals surface area contributed by atoms with Gasteiger partial charge in [0.1, 0.15) is 0 Å². The molecule has 3 rings (SSSR count). The number of rotatable bonds is 9. The Labute approximate surface area is 174 Å². The first-order chi connectivity index (χ1) is 14.1. The van der Waals surface area contributed by atoms with E-state index in [1.165, 1.54) is 16.8 Å². The van der Waals surface area contributed by atoms with Crippen LogP contribution in [-0.2, 0) is 22.5 Å². The number of carbonyl (C=O) groups excluding carboxylic acids is 1. The number of nitrogens with one attached hydrogen (secondary N) is 1. The number of morpholine rings is 1. The molecule has 1 atom stereocenters. The summed E-state index contributed by atoms with van der Waals surface area (Å²) in [6.07, 6.45) is 1.92. The summed E-state index contributed by atoms with van der Waals surface area (Å²) in [5.74, 6) is 0.0805. The van der Waals surface area contributed by atoms with E-state index in [0.29, 0.717) is 6.54 Å². The molecule has 2 aromatic carbocycles. The number of carbonyl (C=O) groups is 1. The molecule has 29 heavy (non-hydrogen) atoms. The van der Waals surface area contributed by atoms with Crippen molar-refractivity contribution in [3.05, 3.63) is 65.7 Å². The maximum absolute atomic E-state index is 12.5. The van der Waals surface area contributed by atoms with Crippen LogP contribution in [0.25, 0.3) is 0 Å². The van der Waals surface area contributed by atoms with E-state index in [1.54, 1.807) is 0 Å². The van der Waals surface area contributed by atoms with Crippen molar-refractivity contribution in [1.29, 1.82) is 0 Å². The standard InChI is InChI=1S/C24H33N3O2/c1-20(12-13-21-8-4-3-5-9-21)25-24(28)19-26(2)18-22-10-6-7-11-23(22)27-14-16-29-17-15-27/h3-11,20H,12-19H2,1-2H3,(H,25,28). The van der Waals surface area contributed by atoms with E-state index in [0.717, 1.165) is 45.7 Å². The Hall–Kier alpha value is -2.37. The third-order valence-electron chi connectivity index (χ3n) is 5.31. The van der Waals surface area contributed by atoms with Crippen LogP contribution < -0.4 is 10.2 Å². The van der Waals surface area contributed by atoms with Gasteiger partial charge >= 0.3 is 0 Å². The van der Waals surface area contributed by atoms with Crippen molar-refractivity contribution >= 4 is 11.6 Å². The van der Waals surface area contributed by atoms with E-state index in [-0.39, 0.29) is 11.9 Å². The maximum atomic E-state index is 12.5. The summed E-state index contributed by atoms with van der Waals surface area (Å²) < 4.78 is 5.47. The van der Waals surface area contributed by atoms with Gasteiger partial charge in [-0.3, -0.25) is 9.69 Å². The van der Waals surface area contributed by atoms with E-state index >= 15 is 0 Å². The normalized spacial score (nSPS) is 15.3. The fourth-order valence-electron chi connectivity index (χ4n) is 3.77. The molecule has 0 spiro atoms. The van der Waals surface area contributed by atoms with Crippen molar-refractivity contribution in [3.8, 4) is 0 Å². The molecule has 1 heterocycles. The second-order valence-electron chi connectivity index (χ2n) is 7.89. The largest absolute Gasteiger partial charge is 0.378 e. The third-order valence-corrected chi connectivity index (χ3v) is 5.31. The molecule has 1 unspecified atom stereocenters. The summed E-state index contributed by atoms with van der Waals surface area (Å²) in [5, 5.41) is 3.14. The van der Waals surface area contributed by atoms with Crippen LogP contribution in [0.1, 0.15) is 24.5 Å². The lowest BCUT2D eigenvalue weighted by molar-refractivity contribution is -0.122. The molecule has 5 heteroatoms. The van der Waals surface area contributed by atoms with Gasteiger partial charge in [-0.1, -0.05) is 48.5 Å². The first-order valence-corrected chi connectivity index (χ1v) is 10.5. The van der Waals surface area contributed by atoms with Gasteiger partial charge in [-0.25, -0.2) is 0 Å². The van der Waals surface area contributed by atoms with Crippen molar-refractivity contribution in [2.45, 2.75) is 32.4 Å². The fourth-order valence-corrected chi connectivity index (χ4v) is 3.77.